The average Bonchev–Trinajstić information content (AvgIpc) is 3.22. The van der Waals surface area contributed by atoms with Gasteiger partial charge in [0, 0.05) is 38.1 Å². The molecule has 2 amide bonds. The summed E-state index contributed by atoms with van der Waals surface area (Å²) in [5.41, 5.74) is 0.883. The van der Waals surface area contributed by atoms with Crippen molar-refractivity contribution < 1.29 is 9.18 Å². The van der Waals surface area contributed by atoms with Gasteiger partial charge in [0.05, 0.1) is 5.69 Å². The monoisotopic (exact) mass is 328 g/mol. The Hall–Kier alpha value is -3.16. The van der Waals surface area contributed by atoms with Gasteiger partial charge in [-0.25, -0.2) is 14.2 Å². The van der Waals surface area contributed by atoms with Crippen LogP contribution in [0.3, 0.4) is 0 Å². The molecule has 124 valence electrons. The van der Waals surface area contributed by atoms with Gasteiger partial charge >= 0.3 is 6.03 Å². The molecule has 0 radical (unpaired) electrons. The van der Waals surface area contributed by atoms with Crippen LogP contribution in [0.1, 0.15) is 5.82 Å². The topological polar surface area (TPSA) is 76.8 Å². The molecule has 0 saturated carbocycles. The summed E-state index contributed by atoms with van der Waals surface area (Å²) in [6.07, 6.45) is 5.52. The van der Waals surface area contributed by atoms with Gasteiger partial charge in [-0.05, 0) is 30.3 Å². The molecule has 0 bridgehead atoms. The Morgan fingerprint density at radius 1 is 1.29 bits per heavy atom. The summed E-state index contributed by atoms with van der Waals surface area (Å²) in [4.78, 5) is 16.0. The maximum Gasteiger partial charge on any atom is 0.319 e. The largest absolute Gasteiger partial charge is 0.337 e. The molecule has 8 heteroatoms. The molecule has 0 aliphatic heterocycles. The second-order valence-electron chi connectivity index (χ2n) is 5.19. The van der Waals surface area contributed by atoms with Crippen LogP contribution in [0.25, 0.3) is 5.69 Å². The van der Waals surface area contributed by atoms with E-state index in [-0.39, 0.29) is 11.8 Å². The van der Waals surface area contributed by atoms with Crippen molar-refractivity contribution in [3.05, 3.63) is 60.7 Å². The van der Waals surface area contributed by atoms with E-state index in [1.54, 1.807) is 46.9 Å². The summed E-state index contributed by atoms with van der Waals surface area (Å²) in [7, 11) is 1.80. The molecular formula is C16H17FN6O. The van der Waals surface area contributed by atoms with Gasteiger partial charge in [-0.15, -0.1) is 0 Å². The summed E-state index contributed by atoms with van der Waals surface area (Å²) in [6, 6.07) is 7.67. The third kappa shape index (κ3) is 3.60. The third-order valence-corrected chi connectivity index (χ3v) is 3.53. The standard InChI is InChI=1S/C16H17FN6O/c1-22-15(19-11-20-22)6-7-18-16(24)21-12-4-5-13(17)14(10-12)23-8-2-3-9-23/h2-5,8-11H,6-7H2,1H3,(H2,18,21,24). The smallest absolute Gasteiger partial charge is 0.319 e. The highest BCUT2D eigenvalue weighted by Crippen LogP contribution is 2.18. The maximum absolute atomic E-state index is 13.9. The van der Waals surface area contributed by atoms with E-state index in [9.17, 15) is 9.18 Å². The molecule has 7 nitrogen and oxygen atoms in total. The Morgan fingerprint density at radius 2 is 2.08 bits per heavy atom. The van der Waals surface area contributed by atoms with Gasteiger partial charge < -0.3 is 15.2 Å². The van der Waals surface area contributed by atoms with E-state index >= 15 is 0 Å². The first kappa shape index (κ1) is 15.7. The Bertz CT molecular complexity index is 827. The first-order chi connectivity index (χ1) is 11.6. The summed E-state index contributed by atoms with van der Waals surface area (Å²) < 4.78 is 17.2. The number of nitrogens with zero attached hydrogens (tertiary/aromatic N) is 4. The zero-order valence-corrected chi connectivity index (χ0v) is 13.1. The highest BCUT2D eigenvalue weighted by Gasteiger charge is 2.08. The lowest BCUT2D eigenvalue weighted by Crippen LogP contribution is -2.31. The van der Waals surface area contributed by atoms with Gasteiger partial charge in [-0.2, -0.15) is 5.10 Å². The van der Waals surface area contributed by atoms with E-state index < -0.39 is 0 Å². The molecule has 2 aromatic heterocycles. The van der Waals surface area contributed by atoms with Crippen LogP contribution in [0.5, 0.6) is 0 Å². The first-order valence-electron chi connectivity index (χ1n) is 7.44. The summed E-state index contributed by atoms with van der Waals surface area (Å²) in [6.45, 7) is 0.421. The number of aryl methyl sites for hydroxylation is 1. The summed E-state index contributed by atoms with van der Waals surface area (Å²) >= 11 is 0. The van der Waals surface area contributed by atoms with E-state index in [4.69, 9.17) is 0 Å². The molecule has 0 atom stereocenters. The van der Waals surface area contributed by atoms with E-state index in [2.05, 4.69) is 20.7 Å². The second-order valence-corrected chi connectivity index (χ2v) is 5.19. The number of amides is 2. The molecule has 3 aromatic rings. The van der Waals surface area contributed by atoms with Crippen molar-refractivity contribution in [2.24, 2.45) is 7.05 Å². The molecule has 0 aliphatic carbocycles. The van der Waals surface area contributed by atoms with Crippen molar-refractivity contribution in [2.75, 3.05) is 11.9 Å². The van der Waals surface area contributed by atoms with Crippen molar-refractivity contribution in [2.45, 2.75) is 6.42 Å². The Morgan fingerprint density at radius 3 is 2.79 bits per heavy atom. The fourth-order valence-corrected chi connectivity index (χ4v) is 2.29. The number of halogens is 1. The molecule has 0 spiro atoms. The van der Waals surface area contributed by atoms with Gasteiger partial charge in [-0.3, -0.25) is 4.68 Å². The van der Waals surface area contributed by atoms with Crippen LogP contribution in [0.4, 0.5) is 14.9 Å². The highest BCUT2D eigenvalue weighted by molar-refractivity contribution is 5.89. The van der Waals surface area contributed by atoms with Crippen LogP contribution in [0.2, 0.25) is 0 Å². The molecular weight excluding hydrogens is 311 g/mol. The fraction of sp³-hybridized carbons (Fsp3) is 0.188. The summed E-state index contributed by atoms with van der Waals surface area (Å²) in [5, 5.41) is 9.39. The SMILES string of the molecule is Cn1ncnc1CCNC(=O)Nc1ccc(F)c(-n2cccc2)c1. The van der Waals surface area contributed by atoms with E-state index in [1.165, 1.54) is 18.5 Å². The number of anilines is 1. The first-order valence-corrected chi connectivity index (χ1v) is 7.44. The van der Waals surface area contributed by atoms with Crippen LogP contribution in [0, 0.1) is 5.82 Å². The fourth-order valence-electron chi connectivity index (χ4n) is 2.29. The number of benzene rings is 1. The summed E-state index contributed by atoms with van der Waals surface area (Å²) in [5.74, 6) is 0.423. The Kier molecular flexibility index (Phi) is 4.55. The van der Waals surface area contributed by atoms with Crippen molar-refractivity contribution in [3.63, 3.8) is 0 Å². The van der Waals surface area contributed by atoms with Crippen LogP contribution in [-0.2, 0) is 13.5 Å². The molecule has 1 aromatic carbocycles. The molecule has 0 aliphatic rings. The second kappa shape index (κ2) is 6.95. The minimum Gasteiger partial charge on any atom is -0.337 e. The normalized spacial score (nSPS) is 10.6. The predicted octanol–water partition coefficient (Wildman–Crippen LogP) is 2.11. The number of urea groups is 1. The van der Waals surface area contributed by atoms with Gasteiger partial charge in [0.1, 0.15) is 18.0 Å². The molecule has 24 heavy (non-hydrogen) atoms. The quantitative estimate of drug-likeness (QED) is 0.753. The van der Waals surface area contributed by atoms with Crippen LogP contribution in [-0.4, -0.2) is 31.9 Å². The lowest BCUT2D eigenvalue weighted by molar-refractivity contribution is 0.252. The van der Waals surface area contributed by atoms with Gasteiger partial charge in [0.25, 0.3) is 0 Å². The molecule has 0 saturated heterocycles. The minimum absolute atomic E-state index is 0.359. The third-order valence-electron chi connectivity index (χ3n) is 3.53. The van der Waals surface area contributed by atoms with Crippen molar-refractivity contribution in [1.29, 1.82) is 0 Å². The van der Waals surface area contributed by atoms with Crippen molar-refractivity contribution >= 4 is 11.7 Å². The van der Waals surface area contributed by atoms with Gasteiger partial charge in [-0.1, -0.05) is 0 Å². The Labute approximate surface area is 138 Å². The number of hydrogen-bond acceptors (Lipinski definition) is 3. The lowest BCUT2D eigenvalue weighted by Gasteiger charge is -2.10. The number of carbonyl (C=O) groups is 1. The zero-order valence-electron chi connectivity index (χ0n) is 13.1. The Balaban J connectivity index is 1.58. The minimum atomic E-state index is -0.362. The van der Waals surface area contributed by atoms with Gasteiger partial charge in [0.2, 0.25) is 0 Å². The average molecular weight is 328 g/mol. The van der Waals surface area contributed by atoms with E-state index in [0.717, 1.165) is 5.82 Å². The highest BCUT2D eigenvalue weighted by atomic mass is 19.1. The molecule has 2 heterocycles. The molecule has 0 fully saturated rings. The van der Waals surface area contributed by atoms with Crippen molar-refractivity contribution in [1.82, 2.24) is 24.6 Å². The predicted molar refractivity (Wildman–Crippen MR) is 87.5 cm³/mol. The van der Waals surface area contributed by atoms with Crippen molar-refractivity contribution in [3.8, 4) is 5.69 Å². The number of hydrogen-bond donors (Lipinski definition) is 2. The van der Waals surface area contributed by atoms with Crippen LogP contribution in [0.15, 0.2) is 49.1 Å². The van der Waals surface area contributed by atoms with E-state index in [0.29, 0.717) is 24.3 Å². The van der Waals surface area contributed by atoms with Crippen LogP contribution >= 0.6 is 0 Å². The number of aromatic nitrogens is 4. The molecule has 2 N–H and O–H groups in total. The maximum atomic E-state index is 13.9. The number of rotatable bonds is 5. The van der Waals surface area contributed by atoms with Gasteiger partial charge in [0.15, 0.2) is 0 Å². The lowest BCUT2D eigenvalue weighted by atomic mass is 10.2. The number of carbonyl (C=O) groups excluding carboxylic acids is 1. The number of nitrogens with one attached hydrogen (secondary N) is 2. The molecule has 3 rings (SSSR count). The zero-order chi connectivity index (χ0) is 16.9. The molecule has 0 unspecified atom stereocenters. The van der Waals surface area contributed by atoms with E-state index in [1.807, 2.05) is 0 Å². The van der Waals surface area contributed by atoms with Crippen LogP contribution < -0.4 is 10.6 Å².